The quantitative estimate of drug-likeness (QED) is 0.501. The van der Waals surface area contributed by atoms with Gasteiger partial charge in [-0.1, -0.05) is 39.1 Å². The minimum atomic E-state index is 0.0177. The molecule has 3 atom stereocenters. The zero-order valence-electron chi connectivity index (χ0n) is 9.63. The van der Waals surface area contributed by atoms with E-state index in [4.69, 9.17) is 32.7 Å². The van der Waals surface area contributed by atoms with Gasteiger partial charge in [0.15, 0.2) is 0 Å². The van der Waals surface area contributed by atoms with Crippen LogP contribution >= 0.6 is 55.1 Å². The first kappa shape index (κ1) is 14.9. The molecule has 6 heteroatoms. The average Bonchev–Trinajstić information content (AvgIpc) is 2.32. The van der Waals surface area contributed by atoms with Crippen molar-refractivity contribution in [2.45, 2.75) is 30.4 Å². The predicted molar refractivity (Wildman–Crippen MR) is 81.3 cm³/mol. The molecule has 1 saturated carbocycles. The molecule has 0 amide bonds. The topological polar surface area (TPSA) is 18.5 Å². The van der Waals surface area contributed by atoms with Gasteiger partial charge in [-0.15, -0.1) is 0 Å². The second-order valence-electron chi connectivity index (χ2n) is 4.02. The molecule has 1 aromatic carbocycles. The van der Waals surface area contributed by atoms with Crippen molar-refractivity contribution in [1.29, 1.82) is 0 Å². The van der Waals surface area contributed by atoms with Gasteiger partial charge in [0.2, 0.25) is 0 Å². The van der Waals surface area contributed by atoms with Crippen molar-refractivity contribution in [3.63, 3.8) is 0 Å². The summed E-state index contributed by atoms with van der Waals surface area (Å²) in [5.41, 5.74) is 0. The molecule has 3 unspecified atom stereocenters. The van der Waals surface area contributed by atoms with Crippen LogP contribution in [0.15, 0.2) is 16.6 Å². The van der Waals surface area contributed by atoms with Crippen molar-refractivity contribution in [2.24, 2.45) is 0 Å². The molecule has 2 nitrogen and oxygen atoms in total. The van der Waals surface area contributed by atoms with E-state index in [1.807, 2.05) is 6.92 Å². The molecule has 0 spiro atoms. The molecule has 1 aliphatic carbocycles. The van der Waals surface area contributed by atoms with Gasteiger partial charge in [-0.3, -0.25) is 0 Å². The van der Waals surface area contributed by atoms with E-state index in [0.717, 1.165) is 10.9 Å². The van der Waals surface area contributed by atoms with Crippen molar-refractivity contribution in [3.05, 3.63) is 26.7 Å². The van der Waals surface area contributed by atoms with E-state index in [2.05, 4.69) is 31.9 Å². The average molecular weight is 419 g/mol. The second-order valence-corrected chi connectivity index (χ2v) is 6.87. The van der Waals surface area contributed by atoms with Gasteiger partial charge in [-0.2, -0.15) is 0 Å². The number of hydrogen-bond donors (Lipinski definition) is 0. The van der Waals surface area contributed by atoms with Crippen molar-refractivity contribution in [3.8, 4) is 5.75 Å². The van der Waals surface area contributed by atoms with E-state index >= 15 is 0 Å². The van der Waals surface area contributed by atoms with Gasteiger partial charge in [0.05, 0.1) is 10.0 Å². The third kappa shape index (κ3) is 3.15. The number of alkyl halides is 1. The predicted octanol–water partition coefficient (Wildman–Crippen LogP) is 5.08. The molecule has 0 aliphatic heterocycles. The molecule has 2 rings (SSSR count). The molecule has 0 N–H and O–H groups in total. The molecule has 100 valence electrons. The normalized spacial score (nSPS) is 26.8. The Morgan fingerprint density at radius 1 is 1.33 bits per heavy atom. The molecule has 0 heterocycles. The van der Waals surface area contributed by atoms with E-state index in [9.17, 15) is 0 Å². The van der Waals surface area contributed by atoms with Crippen LogP contribution in [0.5, 0.6) is 5.75 Å². The van der Waals surface area contributed by atoms with Gasteiger partial charge >= 0.3 is 0 Å². The third-order valence-corrected chi connectivity index (χ3v) is 5.18. The minimum Gasteiger partial charge on any atom is -0.486 e. The number of halogens is 4. The van der Waals surface area contributed by atoms with Crippen LogP contribution in [0.2, 0.25) is 10.0 Å². The number of hydrogen-bond acceptors (Lipinski definition) is 2. The fraction of sp³-hybridized carbons (Fsp3) is 0.500. The van der Waals surface area contributed by atoms with E-state index in [1.54, 1.807) is 12.1 Å². The summed E-state index contributed by atoms with van der Waals surface area (Å²) in [6.45, 7) is 2.64. The van der Waals surface area contributed by atoms with Crippen molar-refractivity contribution >= 4 is 55.1 Å². The first-order chi connectivity index (χ1) is 8.52. The Labute approximate surface area is 133 Å². The molecule has 1 aliphatic rings. The monoisotopic (exact) mass is 416 g/mol. The van der Waals surface area contributed by atoms with Crippen molar-refractivity contribution in [2.75, 3.05) is 6.61 Å². The fourth-order valence-corrected chi connectivity index (χ4v) is 3.50. The standard InChI is InChI=1S/C12H12Br2Cl2O2/c1-2-17-12-7(14)4-11(12)18-10-5-8(15)6(13)3-9(10)16/h3,5,7,11-12H,2,4H2,1H3. The lowest BCUT2D eigenvalue weighted by Gasteiger charge is -2.40. The van der Waals surface area contributed by atoms with Crippen molar-refractivity contribution in [1.82, 2.24) is 0 Å². The van der Waals surface area contributed by atoms with E-state index in [0.29, 0.717) is 27.2 Å². The third-order valence-electron chi connectivity index (χ3n) is 2.79. The van der Waals surface area contributed by atoms with E-state index in [1.165, 1.54) is 0 Å². The zero-order valence-corrected chi connectivity index (χ0v) is 14.3. The second kappa shape index (κ2) is 6.31. The van der Waals surface area contributed by atoms with Crippen LogP contribution in [-0.4, -0.2) is 23.6 Å². The highest BCUT2D eigenvalue weighted by atomic mass is 79.9. The van der Waals surface area contributed by atoms with E-state index < -0.39 is 0 Å². The Morgan fingerprint density at radius 3 is 2.67 bits per heavy atom. The molecule has 0 aromatic heterocycles. The molecule has 0 radical (unpaired) electrons. The molecular formula is C12H12Br2Cl2O2. The highest BCUT2D eigenvalue weighted by Crippen LogP contribution is 2.39. The van der Waals surface area contributed by atoms with Crippen LogP contribution < -0.4 is 4.74 Å². The first-order valence-electron chi connectivity index (χ1n) is 5.59. The summed E-state index contributed by atoms with van der Waals surface area (Å²) >= 11 is 19.0. The highest BCUT2D eigenvalue weighted by Gasteiger charge is 2.42. The Balaban J connectivity index is 2.08. The van der Waals surface area contributed by atoms with Crippen molar-refractivity contribution < 1.29 is 9.47 Å². The summed E-state index contributed by atoms with van der Waals surface area (Å²) in [4.78, 5) is 0.340. The lowest BCUT2D eigenvalue weighted by molar-refractivity contribution is -0.0722. The largest absolute Gasteiger partial charge is 0.486 e. The Hall–Kier alpha value is 0.520. The minimum absolute atomic E-state index is 0.0177. The smallest absolute Gasteiger partial charge is 0.140 e. The molecule has 18 heavy (non-hydrogen) atoms. The number of benzene rings is 1. The van der Waals surface area contributed by atoms with Crippen LogP contribution in [0.3, 0.4) is 0 Å². The molecular weight excluding hydrogens is 407 g/mol. The summed E-state index contributed by atoms with van der Waals surface area (Å²) < 4.78 is 12.2. The summed E-state index contributed by atoms with van der Waals surface area (Å²) in [5, 5.41) is 1.12. The van der Waals surface area contributed by atoms with Crippen LogP contribution in [-0.2, 0) is 4.74 Å². The Kier molecular flexibility index (Phi) is 5.23. The van der Waals surface area contributed by atoms with Gasteiger partial charge in [0.1, 0.15) is 18.0 Å². The number of rotatable bonds is 4. The SMILES string of the molecule is CCOC1C(Br)CC1Oc1cc(Cl)c(Br)cc1Cl. The van der Waals surface area contributed by atoms with Gasteiger partial charge in [0.25, 0.3) is 0 Å². The van der Waals surface area contributed by atoms with Gasteiger partial charge in [-0.05, 0) is 28.9 Å². The molecule has 0 bridgehead atoms. The first-order valence-corrected chi connectivity index (χ1v) is 8.06. The fourth-order valence-electron chi connectivity index (χ4n) is 1.80. The van der Waals surface area contributed by atoms with Gasteiger partial charge in [0, 0.05) is 28.4 Å². The molecule has 1 fully saturated rings. The lowest BCUT2D eigenvalue weighted by Crippen LogP contribution is -2.52. The maximum atomic E-state index is 6.12. The maximum Gasteiger partial charge on any atom is 0.140 e. The number of ether oxygens (including phenoxy) is 2. The van der Waals surface area contributed by atoms with E-state index in [-0.39, 0.29) is 12.2 Å². The highest BCUT2D eigenvalue weighted by molar-refractivity contribution is 9.10. The van der Waals surface area contributed by atoms with Gasteiger partial charge < -0.3 is 9.47 Å². The summed E-state index contributed by atoms with van der Waals surface area (Å²) in [5.74, 6) is 0.596. The van der Waals surface area contributed by atoms with Crippen LogP contribution in [0.25, 0.3) is 0 Å². The maximum absolute atomic E-state index is 6.12. The van der Waals surface area contributed by atoms with Gasteiger partial charge in [-0.25, -0.2) is 0 Å². The summed E-state index contributed by atoms with van der Waals surface area (Å²) in [6, 6.07) is 3.46. The lowest BCUT2D eigenvalue weighted by atomic mass is 9.91. The Bertz CT molecular complexity index is 442. The van der Waals surface area contributed by atoms with Crippen LogP contribution in [0, 0.1) is 0 Å². The van der Waals surface area contributed by atoms with Crippen LogP contribution in [0.1, 0.15) is 13.3 Å². The summed E-state index contributed by atoms with van der Waals surface area (Å²) in [6.07, 6.45) is 0.979. The zero-order chi connectivity index (χ0) is 13.3. The molecule has 0 saturated heterocycles. The Morgan fingerprint density at radius 2 is 2.06 bits per heavy atom. The molecule has 1 aromatic rings. The summed E-state index contributed by atoms with van der Waals surface area (Å²) in [7, 11) is 0. The van der Waals surface area contributed by atoms with Crippen LogP contribution in [0.4, 0.5) is 0 Å².